The lowest BCUT2D eigenvalue weighted by atomic mass is 9.99. The van der Waals surface area contributed by atoms with Crippen molar-refractivity contribution >= 4 is 23.2 Å². The summed E-state index contributed by atoms with van der Waals surface area (Å²) in [4.78, 5) is 28.9. The molecular weight excluding hydrogens is 332 g/mol. The predicted molar refractivity (Wildman–Crippen MR) is 102 cm³/mol. The molecule has 0 atom stereocenters. The van der Waals surface area contributed by atoms with Crippen molar-refractivity contribution in [2.45, 2.75) is 71.3 Å². The molecule has 1 aliphatic carbocycles. The zero-order valence-electron chi connectivity index (χ0n) is 15.5. The summed E-state index contributed by atoms with van der Waals surface area (Å²) in [5.74, 6) is 0.352. The molecule has 25 heavy (non-hydrogen) atoms. The van der Waals surface area contributed by atoms with E-state index in [0.29, 0.717) is 0 Å². The molecule has 0 spiro atoms. The Labute approximate surface area is 155 Å². The summed E-state index contributed by atoms with van der Waals surface area (Å²) in [5.41, 5.74) is 1.40. The lowest BCUT2D eigenvalue weighted by molar-refractivity contribution is -0.135. The van der Waals surface area contributed by atoms with Crippen LogP contribution < -0.4 is 5.32 Å². The molecule has 0 aromatic carbocycles. The van der Waals surface area contributed by atoms with E-state index in [9.17, 15) is 9.59 Å². The van der Waals surface area contributed by atoms with Crippen LogP contribution in [0.4, 0.5) is 0 Å². The van der Waals surface area contributed by atoms with Crippen molar-refractivity contribution in [3.05, 3.63) is 21.4 Å². The van der Waals surface area contributed by atoms with Crippen molar-refractivity contribution in [1.82, 2.24) is 10.2 Å². The zero-order valence-corrected chi connectivity index (χ0v) is 16.3. The number of fused-ring (bicyclic) bond motifs is 1. The van der Waals surface area contributed by atoms with Gasteiger partial charge in [0.2, 0.25) is 5.91 Å². The van der Waals surface area contributed by atoms with Gasteiger partial charge < -0.3 is 10.2 Å². The van der Waals surface area contributed by atoms with Gasteiger partial charge in [0.1, 0.15) is 0 Å². The highest BCUT2D eigenvalue weighted by molar-refractivity contribution is 7.14. The van der Waals surface area contributed by atoms with Crippen LogP contribution in [-0.4, -0.2) is 35.8 Å². The molecule has 1 fully saturated rings. The number of hydrogen-bond donors (Lipinski definition) is 1. The van der Waals surface area contributed by atoms with Crippen molar-refractivity contribution in [3.63, 3.8) is 0 Å². The highest BCUT2D eigenvalue weighted by atomic mass is 32.1. The maximum Gasteiger partial charge on any atom is 0.261 e. The summed E-state index contributed by atoms with van der Waals surface area (Å²) in [6, 6.07) is 2.31. The van der Waals surface area contributed by atoms with Gasteiger partial charge in [-0.25, -0.2) is 0 Å². The van der Waals surface area contributed by atoms with Gasteiger partial charge in [-0.1, -0.05) is 26.7 Å². The van der Waals surface area contributed by atoms with Crippen LogP contribution in [0.3, 0.4) is 0 Å². The molecule has 0 radical (unpaired) electrons. The molecule has 0 bridgehead atoms. The molecule has 2 amide bonds. The van der Waals surface area contributed by atoms with Crippen molar-refractivity contribution < 1.29 is 9.59 Å². The number of carbonyl (C=O) groups excluding carboxylic acids is 2. The van der Waals surface area contributed by atoms with E-state index in [1.165, 1.54) is 36.1 Å². The van der Waals surface area contributed by atoms with E-state index in [4.69, 9.17) is 0 Å². The number of thiophene rings is 1. The number of aryl methyl sites for hydroxylation is 2. The number of nitrogens with zero attached hydrogens (tertiary/aromatic N) is 1. The monoisotopic (exact) mass is 362 g/mol. The van der Waals surface area contributed by atoms with Crippen molar-refractivity contribution in [2.75, 3.05) is 13.1 Å². The van der Waals surface area contributed by atoms with E-state index in [1.54, 1.807) is 11.3 Å². The molecule has 2 aliphatic rings. The van der Waals surface area contributed by atoms with Crippen molar-refractivity contribution in [3.8, 4) is 0 Å². The second kappa shape index (κ2) is 8.35. The van der Waals surface area contributed by atoms with Gasteiger partial charge in [0.15, 0.2) is 0 Å². The molecule has 1 aromatic rings. The Morgan fingerprint density at radius 1 is 1.12 bits per heavy atom. The molecule has 5 heteroatoms. The first kappa shape index (κ1) is 18.4. The van der Waals surface area contributed by atoms with Gasteiger partial charge in [-0.15, -0.1) is 11.3 Å². The average molecular weight is 363 g/mol. The fourth-order valence-corrected chi connectivity index (χ4v) is 4.98. The third-order valence-corrected chi connectivity index (χ3v) is 6.59. The summed E-state index contributed by atoms with van der Waals surface area (Å²) in [7, 11) is 0. The SMILES string of the molecule is CC(C)C(=O)N1CCC(NC(=O)c2cc3c(s2)CCCCCC3)CC1. The molecule has 1 aromatic heterocycles. The van der Waals surface area contributed by atoms with E-state index < -0.39 is 0 Å². The summed E-state index contributed by atoms with van der Waals surface area (Å²) in [6.07, 6.45) is 9.07. The second-order valence-corrected chi connectivity index (χ2v) is 8.84. The minimum absolute atomic E-state index is 0.0525. The molecule has 3 rings (SSSR count). The van der Waals surface area contributed by atoms with E-state index in [-0.39, 0.29) is 23.8 Å². The molecule has 2 heterocycles. The summed E-state index contributed by atoms with van der Waals surface area (Å²) in [6.45, 7) is 5.39. The van der Waals surface area contributed by atoms with Gasteiger partial charge in [-0.05, 0) is 50.2 Å². The van der Waals surface area contributed by atoms with Crippen LogP contribution in [-0.2, 0) is 17.6 Å². The largest absolute Gasteiger partial charge is 0.348 e. The van der Waals surface area contributed by atoms with E-state index in [2.05, 4.69) is 11.4 Å². The van der Waals surface area contributed by atoms with Gasteiger partial charge >= 0.3 is 0 Å². The van der Waals surface area contributed by atoms with Gasteiger partial charge in [-0.2, -0.15) is 0 Å². The minimum Gasteiger partial charge on any atom is -0.348 e. The Kier molecular flexibility index (Phi) is 6.15. The Morgan fingerprint density at radius 2 is 1.80 bits per heavy atom. The summed E-state index contributed by atoms with van der Waals surface area (Å²) in [5, 5.41) is 3.20. The fourth-order valence-electron chi connectivity index (χ4n) is 3.82. The van der Waals surface area contributed by atoms with Crippen molar-refractivity contribution in [1.29, 1.82) is 0 Å². The van der Waals surface area contributed by atoms with Crippen LogP contribution in [0.1, 0.15) is 72.5 Å². The molecule has 1 saturated heterocycles. The topological polar surface area (TPSA) is 49.4 Å². The number of nitrogens with one attached hydrogen (secondary N) is 1. The fraction of sp³-hybridized carbons (Fsp3) is 0.700. The standard InChI is InChI=1S/C20H30N2O2S/c1-14(2)20(24)22-11-9-16(10-12-22)21-19(23)18-13-15-7-5-3-4-6-8-17(15)25-18/h13-14,16H,3-12H2,1-2H3,(H,21,23). The molecule has 4 nitrogen and oxygen atoms in total. The van der Waals surface area contributed by atoms with E-state index >= 15 is 0 Å². The predicted octanol–water partition coefficient (Wildman–Crippen LogP) is 3.78. The number of piperidine rings is 1. The quantitative estimate of drug-likeness (QED) is 0.889. The summed E-state index contributed by atoms with van der Waals surface area (Å²) >= 11 is 1.69. The van der Waals surface area contributed by atoms with Crippen LogP contribution in [0.15, 0.2) is 6.07 Å². The van der Waals surface area contributed by atoms with E-state index in [1.807, 2.05) is 18.7 Å². The Bertz CT molecular complexity index is 590. The van der Waals surface area contributed by atoms with Gasteiger partial charge in [0.25, 0.3) is 5.91 Å². The zero-order chi connectivity index (χ0) is 17.8. The third kappa shape index (κ3) is 4.63. The molecular formula is C20H30N2O2S. The minimum atomic E-state index is 0.0525. The normalized spacial score (nSPS) is 19.2. The highest BCUT2D eigenvalue weighted by Gasteiger charge is 2.26. The van der Waals surface area contributed by atoms with Gasteiger partial charge in [0.05, 0.1) is 4.88 Å². The van der Waals surface area contributed by atoms with Crippen LogP contribution >= 0.6 is 11.3 Å². The third-order valence-electron chi connectivity index (χ3n) is 5.36. The number of amides is 2. The lowest BCUT2D eigenvalue weighted by Crippen LogP contribution is -2.47. The van der Waals surface area contributed by atoms with Crippen LogP contribution in [0, 0.1) is 5.92 Å². The first-order valence-electron chi connectivity index (χ1n) is 9.76. The number of rotatable bonds is 3. The van der Waals surface area contributed by atoms with Gasteiger partial charge in [-0.3, -0.25) is 9.59 Å². The number of hydrogen-bond acceptors (Lipinski definition) is 3. The van der Waals surface area contributed by atoms with Gasteiger partial charge in [0, 0.05) is 29.9 Å². The van der Waals surface area contributed by atoms with Crippen LogP contribution in [0.5, 0.6) is 0 Å². The maximum atomic E-state index is 12.6. The number of carbonyl (C=O) groups is 2. The molecule has 0 saturated carbocycles. The highest BCUT2D eigenvalue weighted by Crippen LogP contribution is 2.28. The Balaban J connectivity index is 1.55. The average Bonchev–Trinajstić information content (AvgIpc) is 2.97. The number of likely N-dealkylation sites (tertiary alicyclic amines) is 1. The lowest BCUT2D eigenvalue weighted by Gasteiger charge is -2.33. The molecule has 138 valence electrons. The Hall–Kier alpha value is -1.36. The second-order valence-electron chi connectivity index (χ2n) is 7.70. The van der Waals surface area contributed by atoms with E-state index in [0.717, 1.165) is 43.6 Å². The maximum absolute atomic E-state index is 12.6. The molecule has 1 N–H and O–H groups in total. The van der Waals surface area contributed by atoms with Crippen LogP contribution in [0.2, 0.25) is 0 Å². The smallest absolute Gasteiger partial charge is 0.261 e. The Morgan fingerprint density at radius 3 is 2.48 bits per heavy atom. The van der Waals surface area contributed by atoms with Crippen LogP contribution in [0.25, 0.3) is 0 Å². The van der Waals surface area contributed by atoms with Crippen molar-refractivity contribution in [2.24, 2.45) is 5.92 Å². The first-order chi connectivity index (χ1) is 12.0. The first-order valence-corrected chi connectivity index (χ1v) is 10.6. The molecule has 1 aliphatic heterocycles. The summed E-state index contributed by atoms with van der Waals surface area (Å²) < 4.78 is 0. The molecule has 0 unspecified atom stereocenters.